The number of rotatable bonds is 3. The molecule has 138 valence electrons. The molecule has 0 atom stereocenters. The Labute approximate surface area is 177 Å². The van der Waals surface area contributed by atoms with Gasteiger partial charge in [-0.1, -0.05) is 69.5 Å². The van der Waals surface area contributed by atoms with Crippen LogP contribution in [-0.2, 0) is 4.79 Å². The fourth-order valence-electron chi connectivity index (χ4n) is 2.96. The zero-order valence-electron chi connectivity index (χ0n) is 15.1. The van der Waals surface area contributed by atoms with Gasteiger partial charge in [-0.25, -0.2) is 4.99 Å². The van der Waals surface area contributed by atoms with E-state index in [1.165, 1.54) is 0 Å². The van der Waals surface area contributed by atoms with Crippen molar-refractivity contribution in [2.75, 3.05) is 4.90 Å². The zero-order chi connectivity index (χ0) is 19.7. The molecule has 0 saturated carbocycles. The number of nitrogens with zero attached hydrogens (tertiary/aromatic N) is 2. The van der Waals surface area contributed by atoms with Gasteiger partial charge in [-0.2, -0.15) is 0 Å². The van der Waals surface area contributed by atoms with Gasteiger partial charge in [-0.3, -0.25) is 9.69 Å². The van der Waals surface area contributed by atoms with Crippen LogP contribution in [0.4, 0.5) is 5.69 Å². The second kappa shape index (κ2) is 7.74. The topological polar surface area (TPSA) is 32.7 Å². The van der Waals surface area contributed by atoms with Crippen molar-refractivity contribution in [3.63, 3.8) is 0 Å². The van der Waals surface area contributed by atoms with Crippen molar-refractivity contribution in [2.45, 2.75) is 6.92 Å². The molecule has 0 N–H and O–H groups in total. The van der Waals surface area contributed by atoms with Crippen molar-refractivity contribution < 1.29 is 4.79 Å². The summed E-state index contributed by atoms with van der Waals surface area (Å²) in [7, 11) is 0. The number of carbonyl (C=O) groups is 1. The van der Waals surface area contributed by atoms with Gasteiger partial charge in [0.15, 0.2) is 0 Å². The molecule has 3 nitrogen and oxygen atoms in total. The lowest BCUT2D eigenvalue weighted by Crippen LogP contribution is -2.32. The van der Waals surface area contributed by atoms with E-state index in [0.717, 1.165) is 26.9 Å². The van der Waals surface area contributed by atoms with E-state index >= 15 is 0 Å². The van der Waals surface area contributed by atoms with E-state index in [0.29, 0.717) is 16.6 Å². The van der Waals surface area contributed by atoms with Crippen LogP contribution in [0.2, 0.25) is 5.02 Å². The Balaban J connectivity index is 1.81. The van der Waals surface area contributed by atoms with Crippen LogP contribution in [0.5, 0.6) is 0 Å². The summed E-state index contributed by atoms with van der Waals surface area (Å²) in [6, 6.07) is 23.0. The molecule has 4 rings (SSSR count). The largest absolute Gasteiger partial charge is 0.282 e. The Morgan fingerprint density at radius 1 is 0.929 bits per heavy atom. The normalized spacial score (nSPS) is 15.2. The maximum absolute atomic E-state index is 13.2. The summed E-state index contributed by atoms with van der Waals surface area (Å²) < 4.78 is 0.952. The highest BCUT2D eigenvalue weighted by atomic mass is 79.9. The van der Waals surface area contributed by atoms with Crippen LogP contribution in [0.25, 0.3) is 6.08 Å². The summed E-state index contributed by atoms with van der Waals surface area (Å²) in [5.41, 5.74) is 4.08. The first-order valence-corrected chi connectivity index (χ1v) is 9.91. The number of hydrogen-bond donors (Lipinski definition) is 0. The molecule has 0 saturated heterocycles. The van der Waals surface area contributed by atoms with E-state index in [-0.39, 0.29) is 5.91 Å². The second-order valence-electron chi connectivity index (χ2n) is 6.50. The van der Waals surface area contributed by atoms with Crippen LogP contribution in [0.3, 0.4) is 0 Å². The third-order valence-electron chi connectivity index (χ3n) is 4.43. The molecule has 5 heteroatoms. The van der Waals surface area contributed by atoms with Gasteiger partial charge in [0.05, 0.1) is 5.69 Å². The first-order chi connectivity index (χ1) is 13.5. The molecule has 0 radical (unpaired) electrons. The third kappa shape index (κ3) is 3.79. The Morgan fingerprint density at radius 2 is 1.57 bits per heavy atom. The molecule has 1 heterocycles. The molecule has 0 aromatic heterocycles. The van der Waals surface area contributed by atoms with Gasteiger partial charge in [0.2, 0.25) is 0 Å². The van der Waals surface area contributed by atoms with Crippen LogP contribution in [0.15, 0.2) is 88.0 Å². The van der Waals surface area contributed by atoms with Crippen molar-refractivity contribution >= 4 is 51.0 Å². The van der Waals surface area contributed by atoms with Crippen molar-refractivity contribution in [1.82, 2.24) is 0 Å². The van der Waals surface area contributed by atoms with E-state index in [4.69, 9.17) is 11.6 Å². The Bertz CT molecular complexity index is 1080. The second-order valence-corrected chi connectivity index (χ2v) is 7.85. The van der Waals surface area contributed by atoms with E-state index in [1.807, 2.05) is 67.6 Å². The minimum atomic E-state index is -0.159. The average molecular weight is 452 g/mol. The average Bonchev–Trinajstić information content (AvgIpc) is 3.01. The molecule has 0 fully saturated rings. The number of hydrogen-bond acceptors (Lipinski definition) is 2. The number of aryl methyl sites for hydroxylation is 1. The lowest BCUT2D eigenvalue weighted by Gasteiger charge is -2.18. The van der Waals surface area contributed by atoms with Crippen molar-refractivity contribution in [3.05, 3.63) is 105 Å². The van der Waals surface area contributed by atoms with Crippen molar-refractivity contribution in [3.8, 4) is 0 Å². The van der Waals surface area contributed by atoms with Gasteiger partial charge in [0.1, 0.15) is 11.5 Å². The summed E-state index contributed by atoms with van der Waals surface area (Å²) in [6.45, 7) is 2.03. The Morgan fingerprint density at radius 3 is 2.21 bits per heavy atom. The highest BCUT2D eigenvalue weighted by molar-refractivity contribution is 9.10. The lowest BCUT2D eigenvalue weighted by atomic mass is 10.1. The predicted octanol–water partition coefficient (Wildman–Crippen LogP) is 6.25. The summed E-state index contributed by atoms with van der Waals surface area (Å²) in [5.74, 6) is 0.459. The summed E-state index contributed by atoms with van der Waals surface area (Å²) in [5, 5.41) is 0.653. The molecule has 0 bridgehead atoms. The number of aliphatic imine (C=N–C) groups is 1. The fourth-order valence-corrected chi connectivity index (χ4v) is 3.35. The highest BCUT2D eigenvalue weighted by Gasteiger charge is 2.32. The molecular weight excluding hydrogens is 436 g/mol. The van der Waals surface area contributed by atoms with Crippen LogP contribution in [0.1, 0.15) is 16.7 Å². The molecule has 0 aliphatic carbocycles. The minimum Gasteiger partial charge on any atom is -0.266 e. The first-order valence-electron chi connectivity index (χ1n) is 8.74. The van der Waals surface area contributed by atoms with Gasteiger partial charge >= 0.3 is 0 Å². The van der Waals surface area contributed by atoms with Crippen molar-refractivity contribution in [1.29, 1.82) is 0 Å². The zero-order valence-corrected chi connectivity index (χ0v) is 17.4. The van der Waals surface area contributed by atoms with E-state index in [1.54, 1.807) is 23.1 Å². The number of benzene rings is 3. The summed E-state index contributed by atoms with van der Waals surface area (Å²) in [4.78, 5) is 19.5. The number of amides is 1. The number of halogens is 2. The predicted molar refractivity (Wildman–Crippen MR) is 119 cm³/mol. The van der Waals surface area contributed by atoms with Crippen LogP contribution in [0, 0.1) is 6.92 Å². The molecule has 0 unspecified atom stereocenters. The molecule has 3 aromatic rings. The molecule has 0 spiro atoms. The lowest BCUT2D eigenvalue weighted by molar-refractivity contribution is -0.113. The van der Waals surface area contributed by atoms with E-state index < -0.39 is 0 Å². The summed E-state index contributed by atoms with van der Waals surface area (Å²) >= 11 is 9.40. The maximum atomic E-state index is 13.2. The maximum Gasteiger partial charge on any atom is 0.282 e. The smallest absolute Gasteiger partial charge is 0.266 e. The summed E-state index contributed by atoms with van der Waals surface area (Å²) in [6.07, 6.45) is 1.78. The van der Waals surface area contributed by atoms with E-state index in [9.17, 15) is 4.79 Å². The van der Waals surface area contributed by atoms with Gasteiger partial charge < -0.3 is 0 Å². The molecular formula is C23H16BrClN2O. The molecule has 1 amide bonds. The van der Waals surface area contributed by atoms with Crippen LogP contribution < -0.4 is 4.90 Å². The standard InChI is InChI=1S/C23H16BrClN2O/c1-15-2-6-17(7-3-15)22-26-21(14-16-4-10-19(25)11-5-16)23(28)27(22)20-12-8-18(24)9-13-20/h2-14H,1H3/b21-14+. The molecule has 1 aliphatic heterocycles. The number of anilines is 1. The highest BCUT2D eigenvalue weighted by Crippen LogP contribution is 2.29. The molecule has 28 heavy (non-hydrogen) atoms. The van der Waals surface area contributed by atoms with Crippen LogP contribution in [-0.4, -0.2) is 11.7 Å². The van der Waals surface area contributed by atoms with E-state index in [2.05, 4.69) is 20.9 Å². The fraction of sp³-hybridized carbons (Fsp3) is 0.0435. The first kappa shape index (κ1) is 18.7. The quantitative estimate of drug-likeness (QED) is 0.433. The number of amidine groups is 1. The number of carbonyl (C=O) groups excluding carboxylic acids is 1. The van der Waals surface area contributed by atoms with Gasteiger partial charge in [0, 0.05) is 15.1 Å². The Kier molecular flexibility index (Phi) is 5.16. The van der Waals surface area contributed by atoms with Crippen LogP contribution >= 0.6 is 27.5 Å². The monoisotopic (exact) mass is 450 g/mol. The Hall–Kier alpha value is -2.69. The molecule has 1 aliphatic rings. The van der Waals surface area contributed by atoms with Gasteiger partial charge in [-0.05, 0) is 55.0 Å². The third-order valence-corrected chi connectivity index (χ3v) is 5.21. The van der Waals surface area contributed by atoms with Gasteiger partial charge in [0.25, 0.3) is 5.91 Å². The SMILES string of the molecule is Cc1ccc(C2=N/C(=C/c3ccc(Cl)cc3)C(=O)N2c2ccc(Br)cc2)cc1. The minimum absolute atomic E-state index is 0.159. The van der Waals surface area contributed by atoms with Crippen molar-refractivity contribution in [2.24, 2.45) is 4.99 Å². The molecule has 3 aromatic carbocycles. The van der Waals surface area contributed by atoms with Gasteiger partial charge in [-0.15, -0.1) is 0 Å².